The predicted octanol–water partition coefficient (Wildman–Crippen LogP) is 1.77. The van der Waals surface area contributed by atoms with Crippen molar-refractivity contribution in [1.82, 2.24) is 9.80 Å². The van der Waals surface area contributed by atoms with Gasteiger partial charge in [0.15, 0.2) is 0 Å². The largest absolute Gasteiger partial charge is 0.377 e. The first-order valence-electron chi connectivity index (χ1n) is 8.79. The monoisotopic (exact) mass is 332 g/mol. The third kappa shape index (κ3) is 3.63. The topological polar surface area (TPSA) is 42.0 Å². The molecular weight excluding hydrogens is 304 g/mol. The van der Waals surface area contributed by atoms with Gasteiger partial charge in [-0.25, -0.2) is 0 Å². The number of hydrogen-bond acceptors (Lipinski definition) is 4. The van der Waals surface area contributed by atoms with Gasteiger partial charge in [-0.2, -0.15) is 0 Å². The molecule has 2 aliphatic rings. The van der Waals surface area contributed by atoms with Crippen LogP contribution in [0.25, 0.3) is 0 Å². The number of carbonyl (C=O) groups is 1. The van der Waals surface area contributed by atoms with Crippen molar-refractivity contribution in [2.45, 2.75) is 25.6 Å². The van der Waals surface area contributed by atoms with Crippen LogP contribution in [-0.2, 0) is 20.9 Å². The first kappa shape index (κ1) is 17.4. The Bertz CT molecular complexity index is 549. The zero-order valence-corrected chi connectivity index (χ0v) is 14.7. The van der Waals surface area contributed by atoms with E-state index in [2.05, 4.69) is 17.0 Å². The molecule has 24 heavy (non-hydrogen) atoms. The van der Waals surface area contributed by atoms with Gasteiger partial charge in [0, 0.05) is 40.3 Å². The number of hydrogen-bond donors (Lipinski definition) is 0. The fraction of sp³-hybridized carbons (Fsp3) is 0.632. The second kappa shape index (κ2) is 7.64. The van der Waals surface area contributed by atoms with E-state index >= 15 is 0 Å². The minimum atomic E-state index is -0.360. The normalized spacial score (nSPS) is 27.0. The summed E-state index contributed by atoms with van der Waals surface area (Å²) in [5.41, 5.74) is 0.834. The lowest BCUT2D eigenvalue weighted by atomic mass is 9.75. The Kier molecular flexibility index (Phi) is 5.54. The number of likely N-dealkylation sites (tertiary alicyclic amines) is 1. The second-order valence-electron chi connectivity index (χ2n) is 7.07. The summed E-state index contributed by atoms with van der Waals surface area (Å²) in [4.78, 5) is 16.8. The Morgan fingerprint density at radius 2 is 2.17 bits per heavy atom. The average molecular weight is 332 g/mol. The molecule has 0 aromatic heterocycles. The molecule has 2 atom stereocenters. The van der Waals surface area contributed by atoms with Crippen LogP contribution < -0.4 is 0 Å². The van der Waals surface area contributed by atoms with E-state index in [9.17, 15) is 4.79 Å². The van der Waals surface area contributed by atoms with E-state index in [1.165, 1.54) is 5.56 Å². The Morgan fingerprint density at radius 3 is 2.92 bits per heavy atom. The first-order chi connectivity index (χ1) is 11.6. The maximum Gasteiger partial charge on any atom is 0.232 e. The minimum absolute atomic E-state index is 0.0777. The Morgan fingerprint density at radius 1 is 1.38 bits per heavy atom. The molecule has 0 spiro atoms. The van der Waals surface area contributed by atoms with Gasteiger partial charge >= 0.3 is 0 Å². The van der Waals surface area contributed by atoms with Gasteiger partial charge in [-0.1, -0.05) is 30.3 Å². The van der Waals surface area contributed by atoms with Crippen molar-refractivity contribution in [2.75, 3.05) is 46.9 Å². The Balaban J connectivity index is 1.51. The summed E-state index contributed by atoms with van der Waals surface area (Å²) in [5, 5.41) is 0. The number of benzene rings is 1. The number of rotatable bonds is 6. The molecule has 5 heteroatoms. The molecule has 0 bridgehead atoms. The lowest BCUT2D eigenvalue weighted by Crippen LogP contribution is -2.57. The summed E-state index contributed by atoms with van der Waals surface area (Å²) < 4.78 is 11.7. The third-order valence-corrected chi connectivity index (χ3v) is 5.19. The van der Waals surface area contributed by atoms with Crippen molar-refractivity contribution >= 4 is 5.91 Å². The standard InChI is InChI=1S/C19H28N2O3/c1-20(2)18(22)19-9-12-24-17(19)8-10-21(15-19)11-13-23-14-16-6-4-3-5-7-16/h3-7,17H,8-15H2,1-2H3/t17-,19-/m0/s1. The van der Waals surface area contributed by atoms with E-state index in [0.29, 0.717) is 19.8 Å². The van der Waals surface area contributed by atoms with Crippen LogP contribution >= 0.6 is 0 Å². The number of fused-ring (bicyclic) bond motifs is 1. The van der Waals surface area contributed by atoms with E-state index in [4.69, 9.17) is 9.47 Å². The average Bonchev–Trinajstić information content (AvgIpc) is 3.03. The molecule has 1 amide bonds. The zero-order chi connectivity index (χ0) is 17.0. The molecule has 132 valence electrons. The highest BCUT2D eigenvalue weighted by Gasteiger charge is 2.53. The Hall–Kier alpha value is -1.43. The second-order valence-corrected chi connectivity index (χ2v) is 7.07. The molecular formula is C19H28N2O3. The molecule has 0 radical (unpaired) electrons. The molecule has 2 aliphatic heterocycles. The van der Waals surface area contributed by atoms with Crippen LogP contribution in [0, 0.1) is 5.41 Å². The molecule has 1 aromatic carbocycles. The molecule has 2 saturated heterocycles. The summed E-state index contributed by atoms with van der Waals surface area (Å²) in [6, 6.07) is 10.2. The zero-order valence-electron chi connectivity index (χ0n) is 14.7. The highest BCUT2D eigenvalue weighted by molar-refractivity contribution is 5.83. The van der Waals surface area contributed by atoms with Crippen LogP contribution in [0.1, 0.15) is 18.4 Å². The third-order valence-electron chi connectivity index (χ3n) is 5.19. The van der Waals surface area contributed by atoms with Crippen LogP contribution in [-0.4, -0.2) is 68.8 Å². The van der Waals surface area contributed by atoms with Crippen molar-refractivity contribution in [1.29, 1.82) is 0 Å². The lowest BCUT2D eigenvalue weighted by Gasteiger charge is -2.43. The SMILES string of the molecule is CN(C)C(=O)[C@]12CCO[C@H]1CCN(CCOCc1ccccc1)C2. The van der Waals surface area contributed by atoms with Crippen LogP contribution in [0.5, 0.6) is 0 Å². The number of amides is 1. The number of piperidine rings is 1. The van der Waals surface area contributed by atoms with Gasteiger partial charge in [-0.3, -0.25) is 9.69 Å². The van der Waals surface area contributed by atoms with Crippen molar-refractivity contribution in [2.24, 2.45) is 5.41 Å². The summed E-state index contributed by atoms with van der Waals surface area (Å²) >= 11 is 0. The Labute approximate surface area is 144 Å². The number of ether oxygens (including phenoxy) is 2. The smallest absolute Gasteiger partial charge is 0.232 e. The van der Waals surface area contributed by atoms with Crippen molar-refractivity contribution in [3.05, 3.63) is 35.9 Å². The summed E-state index contributed by atoms with van der Waals surface area (Å²) in [6.45, 7) is 4.64. The molecule has 0 unspecified atom stereocenters. The van der Waals surface area contributed by atoms with Gasteiger partial charge in [0.2, 0.25) is 5.91 Å². The van der Waals surface area contributed by atoms with E-state index in [0.717, 1.165) is 32.5 Å². The summed E-state index contributed by atoms with van der Waals surface area (Å²) in [5.74, 6) is 0.208. The molecule has 1 aromatic rings. The number of carbonyl (C=O) groups excluding carboxylic acids is 1. The molecule has 0 aliphatic carbocycles. The fourth-order valence-electron chi connectivity index (χ4n) is 3.93. The van der Waals surface area contributed by atoms with Gasteiger partial charge in [0.25, 0.3) is 0 Å². The van der Waals surface area contributed by atoms with Crippen LogP contribution in [0.4, 0.5) is 0 Å². The highest BCUT2D eigenvalue weighted by Crippen LogP contribution is 2.42. The van der Waals surface area contributed by atoms with Gasteiger partial charge < -0.3 is 14.4 Å². The molecule has 0 saturated carbocycles. The quantitative estimate of drug-likeness (QED) is 0.745. The van der Waals surface area contributed by atoms with Gasteiger partial charge in [0.05, 0.1) is 24.7 Å². The predicted molar refractivity (Wildman–Crippen MR) is 92.6 cm³/mol. The number of nitrogens with zero attached hydrogens (tertiary/aromatic N) is 2. The van der Waals surface area contributed by atoms with Crippen LogP contribution in [0.15, 0.2) is 30.3 Å². The van der Waals surface area contributed by atoms with Crippen molar-refractivity contribution in [3.8, 4) is 0 Å². The van der Waals surface area contributed by atoms with Crippen LogP contribution in [0.3, 0.4) is 0 Å². The van der Waals surface area contributed by atoms with Crippen molar-refractivity contribution < 1.29 is 14.3 Å². The summed E-state index contributed by atoms with van der Waals surface area (Å²) in [7, 11) is 3.68. The lowest BCUT2D eigenvalue weighted by molar-refractivity contribution is -0.148. The van der Waals surface area contributed by atoms with Crippen molar-refractivity contribution in [3.63, 3.8) is 0 Å². The molecule has 5 nitrogen and oxygen atoms in total. The maximum atomic E-state index is 12.7. The maximum absolute atomic E-state index is 12.7. The van der Waals surface area contributed by atoms with Gasteiger partial charge in [-0.15, -0.1) is 0 Å². The van der Waals surface area contributed by atoms with E-state index in [-0.39, 0.29) is 17.4 Å². The molecule has 2 fully saturated rings. The van der Waals surface area contributed by atoms with Gasteiger partial charge in [-0.05, 0) is 18.4 Å². The van der Waals surface area contributed by atoms with Crippen LogP contribution in [0.2, 0.25) is 0 Å². The molecule has 2 heterocycles. The van der Waals surface area contributed by atoms with E-state index in [1.807, 2.05) is 32.3 Å². The summed E-state index contributed by atoms with van der Waals surface area (Å²) in [6.07, 6.45) is 1.84. The fourth-order valence-corrected chi connectivity index (χ4v) is 3.93. The highest BCUT2D eigenvalue weighted by atomic mass is 16.5. The van der Waals surface area contributed by atoms with E-state index in [1.54, 1.807) is 4.90 Å². The van der Waals surface area contributed by atoms with Gasteiger partial charge in [0.1, 0.15) is 0 Å². The minimum Gasteiger partial charge on any atom is -0.377 e. The molecule has 0 N–H and O–H groups in total. The van der Waals surface area contributed by atoms with E-state index < -0.39 is 0 Å². The first-order valence-corrected chi connectivity index (χ1v) is 8.79. The molecule has 3 rings (SSSR count).